The van der Waals surface area contributed by atoms with E-state index in [2.05, 4.69) is 5.32 Å². The highest BCUT2D eigenvalue weighted by Gasteiger charge is 2.25. The van der Waals surface area contributed by atoms with Gasteiger partial charge in [0.15, 0.2) is 0 Å². The molecule has 0 spiro atoms. The number of furan rings is 1. The number of carbonyl (C=O) groups is 2. The molecule has 10 heteroatoms. The first-order valence-corrected chi connectivity index (χ1v) is 13.0. The van der Waals surface area contributed by atoms with Gasteiger partial charge in [0.1, 0.15) is 16.4 Å². The molecule has 0 radical (unpaired) electrons. The maximum Gasteiger partial charge on any atom is 0.339 e. The Morgan fingerprint density at radius 3 is 2.33 bits per heavy atom. The van der Waals surface area contributed by atoms with Crippen LogP contribution in [0.1, 0.15) is 45.4 Å². The minimum absolute atomic E-state index is 0.0540. The lowest BCUT2D eigenvalue weighted by Gasteiger charge is -2.27. The van der Waals surface area contributed by atoms with Crippen LogP contribution in [0.5, 0.6) is 5.75 Å². The van der Waals surface area contributed by atoms with Crippen LogP contribution in [0, 0.1) is 5.41 Å². The Labute approximate surface area is 216 Å². The highest BCUT2D eigenvalue weighted by molar-refractivity contribution is 7.87. The van der Waals surface area contributed by atoms with Gasteiger partial charge < -0.3 is 18.8 Å². The van der Waals surface area contributed by atoms with Gasteiger partial charge in [-0.3, -0.25) is 9.59 Å². The SMILES string of the molecule is CC(=O)Nc1ccc(S(=O)(=O)Oc2ccc(Cl)cc2CN(Cc2ccco2)C(=O)CC(C)(C)C)cc1. The first-order valence-electron chi connectivity index (χ1n) is 11.2. The third-order valence-corrected chi connectivity index (χ3v) is 6.49. The summed E-state index contributed by atoms with van der Waals surface area (Å²) >= 11 is 6.21. The number of nitrogens with zero attached hydrogens (tertiary/aromatic N) is 1. The zero-order chi connectivity index (χ0) is 26.5. The minimum atomic E-state index is -4.21. The van der Waals surface area contributed by atoms with Gasteiger partial charge in [0.25, 0.3) is 0 Å². The van der Waals surface area contributed by atoms with Crippen LogP contribution in [0.15, 0.2) is 70.2 Å². The molecule has 0 aliphatic rings. The predicted octanol–water partition coefficient (Wildman–Crippen LogP) is 5.62. The maximum absolute atomic E-state index is 13.2. The van der Waals surface area contributed by atoms with E-state index in [1.165, 1.54) is 49.6 Å². The molecule has 1 aromatic heterocycles. The van der Waals surface area contributed by atoms with Gasteiger partial charge in [0, 0.05) is 36.2 Å². The fraction of sp³-hybridized carbons (Fsp3) is 0.308. The summed E-state index contributed by atoms with van der Waals surface area (Å²) in [5.41, 5.74) is 0.633. The second-order valence-corrected chi connectivity index (χ2v) is 11.5. The summed E-state index contributed by atoms with van der Waals surface area (Å²) in [6.07, 6.45) is 1.81. The van der Waals surface area contributed by atoms with Crippen LogP contribution in [0.4, 0.5) is 5.69 Å². The number of amides is 2. The molecule has 0 atom stereocenters. The van der Waals surface area contributed by atoms with Crippen molar-refractivity contribution in [2.45, 2.75) is 52.1 Å². The van der Waals surface area contributed by atoms with Crippen LogP contribution < -0.4 is 9.50 Å². The molecule has 0 bridgehead atoms. The molecule has 3 rings (SSSR count). The van der Waals surface area contributed by atoms with Crippen molar-refractivity contribution in [1.29, 1.82) is 0 Å². The lowest BCUT2D eigenvalue weighted by Crippen LogP contribution is -2.33. The smallest absolute Gasteiger partial charge is 0.339 e. The third-order valence-electron chi connectivity index (χ3n) is 5.01. The third kappa shape index (κ3) is 7.86. The van der Waals surface area contributed by atoms with Crippen molar-refractivity contribution in [2.24, 2.45) is 5.41 Å². The number of carbonyl (C=O) groups excluding carboxylic acids is 2. The summed E-state index contributed by atoms with van der Waals surface area (Å²) in [5.74, 6) is 0.251. The molecular formula is C26H29ClN2O6S. The van der Waals surface area contributed by atoms with E-state index in [0.29, 0.717) is 22.0 Å². The van der Waals surface area contributed by atoms with Gasteiger partial charge in [0.05, 0.1) is 12.8 Å². The lowest BCUT2D eigenvalue weighted by molar-refractivity contribution is -0.134. The van der Waals surface area contributed by atoms with E-state index in [9.17, 15) is 18.0 Å². The molecule has 0 saturated carbocycles. The average molecular weight is 533 g/mol. The van der Waals surface area contributed by atoms with Crippen molar-refractivity contribution >= 4 is 39.2 Å². The summed E-state index contributed by atoms with van der Waals surface area (Å²) in [6.45, 7) is 7.51. The molecule has 1 N–H and O–H groups in total. The van der Waals surface area contributed by atoms with Gasteiger partial charge >= 0.3 is 10.1 Å². The van der Waals surface area contributed by atoms with Crippen molar-refractivity contribution in [1.82, 2.24) is 4.90 Å². The first kappa shape index (κ1) is 27.3. The number of halogens is 1. The normalized spacial score (nSPS) is 11.7. The second kappa shape index (κ2) is 11.2. The Bertz CT molecular complexity index is 1310. The van der Waals surface area contributed by atoms with Crippen molar-refractivity contribution in [2.75, 3.05) is 5.32 Å². The summed E-state index contributed by atoms with van der Waals surface area (Å²) in [5, 5.41) is 2.95. The van der Waals surface area contributed by atoms with E-state index in [4.69, 9.17) is 20.2 Å². The van der Waals surface area contributed by atoms with Crippen molar-refractivity contribution in [3.8, 4) is 5.75 Å². The molecular weight excluding hydrogens is 504 g/mol. The topological polar surface area (TPSA) is 106 Å². The van der Waals surface area contributed by atoms with E-state index in [1.54, 1.807) is 23.1 Å². The van der Waals surface area contributed by atoms with Gasteiger partial charge in [-0.05, 0) is 60.0 Å². The molecule has 0 aliphatic carbocycles. The van der Waals surface area contributed by atoms with Crippen molar-refractivity contribution in [3.05, 3.63) is 77.2 Å². The molecule has 0 saturated heterocycles. The average Bonchev–Trinajstić information content (AvgIpc) is 3.27. The quantitative estimate of drug-likeness (QED) is 0.358. The summed E-state index contributed by atoms with van der Waals surface area (Å²) < 4.78 is 36.9. The molecule has 0 aliphatic heterocycles. The summed E-state index contributed by atoms with van der Waals surface area (Å²) in [4.78, 5) is 25.9. The Kier molecular flexibility index (Phi) is 8.47. The van der Waals surface area contributed by atoms with Gasteiger partial charge in [-0.15, -0.1) is 0 Å². The fourth-order valence-electron chi connectivity index (χ4n) is 3.42. The van der Waals surface area contributed by atoms with E-state index < -0.39 is 10.1 Å². The minimum Gasteiger partial charge on any atom is -0.467 e. The fourth-order valence-corrected chi connectivity index (χ4v) is 4.58. The Morgan fingerprint density at radius 2 is 1.75 bits per heavy atom. The van der Waals surface area contributed by atoms with Crippen LogP contribution in [0.2, 0.25) is 5.02 Å². The van der Waals surface area contributed by atoms with E-state index in [1.807, 2.05) is 20.8 Å². The molecule has 0 unspecified atom stereocenters. The van der Waals surface area contributed by atoms with E-state index in [0.717, 1.165) is 0 Å². The highest BCUT2D eigenvalue weighted by Crippen LogP contribution is 2.30. The summed E-state index contributed by atoms with van der Waals surface area (Å²) in [6, 6.07) is 13.7. The van der Waals surface area contributed by atoms with Gasteiger partial charge in [-0.2, -0.15) is 8.42 Å². The molecule has 192 valence electrons. The van der Waals surface area contributed by atoms with Crippen LogP contribution in [0.25, 0.3) is 0 Å². The van der Waals surface area contributed by atoms with Crippen molar-refractivity contribution < 1.29 is 26.6 Å². The number of nitrogens with one attached hydrogen (secondary N) is 1. The first-order chi connectivity index (χ1) is 16.8. The van der Waals surface area contributed by atoms with Crippen LogP contribution in [-0.2, 0) is 32.8 Å². The van der Waals surface area contributed by atoms with Gasteiger partial charge in [0.2, 0.25) is 11.8 Å². The monoisotopic (exact) mass is 532 g/mol. The molecule has 8 nitrogen and oxygen atoms in total. The Balaban J connectivity index is 1.89. The maximum atomic E-state index is 13.2. The number of hydrogen-bond acceptors (Lipinski definition) is 6. The zero-order valence-corrected chi connectivity index (χ0v) is 22.2. The van der Waals surface area contributed by atoms with Crippen LogP contribution in [-0.4, -0.2) is 25.1 Å². The van der Waals surface area contributed by atoms with Crippen LogP contribution in [0.3, 0.4) is 0 Å². The molecule has 1 heterocycles. The van der Waals surface area contributed by atoms with Gasteiger partial charge in [-0.1, -0.05) is 32.4 Å². The summed E-state index contributed by atoms with van der Waals surface area (Å²) in [7, 11) is -4.21. The predicted molar refractivity (Wildman–Crippen MR) is 137 cm³/mol. The molecule has 2 aromatic carbocycles. The zero-order valence-electron chi connectivity index (χ0n) is 20.6. The highest BCUT2D eigenvalue weighted by atomic mass is 35.5. The Morgan fingerprint density at radius 1 is 1.06 bits per heavy atom. The molecule has 3 aromatic rings. The van der Waals surface area contributed by atoms with Crippen LogP contribution >= 0.6 is 11.6 Å². The van der Waals surface area contributed by atoms with E-state index in [-0.39, 0.29) is 47.4 Å². The number of benzene rings is 2. The number of hydrogen-bond donors (Lipinski definition) is 1. The number of rotatable bonds is 9. The Hall–Kier alpha value is -3.30. The standard InChI is InChI=1S/C26H29ClN2O6S/c1-18(30)28-21-8-10-23(11-9-21)36(32,33)35-24-12-7-20(27)14-19(24)16-29(17-22-6-5-13-34-22)25(31)15-26(2,3)4/h5-14H,15-17H2,1-4H3,(H,28,30). The molecule has 2 amide bonds. The van der Waals surface area contributed by atoms with Crippen molar-refractivity contribution in [3.63, 3.8) is 0 Å². The largest absolute Gasteiger partial charge is 0.467 e. The van der Waals surface area contributed by atoms with Gasteiger partial charge in [-0.25, -0.2) is 0 Å². The second-order valence-electron chi connectivity index (χ2n) is 9.56. The lowest BCUT2D eigenvalue weighted by atomic mass is 9.91. The molecule has 0 fully saturated rings. The number of anilines is 1. The molecule has 36 heavy (non-hydrogen) atoms. The van der Waals surface area contributed by atoms with E-state index >= 15 is 0 Å².